The van der Waals surface area contributed by atoms with Gasteiger partial charge in [0.25, 0.3) is 0 Å². The van der Waals surface area contributed by atoms with Crippen LogP contribution in [0, 0.1) is 11.3 Å². The third-order valence-electron chi connectivity index (χ3n) is 9.59. The third-order valence-corrected chi connectivity index (χ3v) is 9.59. The van der Waals surface area contributed by atoms with E-state index in [2.05, 4.69) is 103 Å². The Morgan fingerprint density at radius 3 is 1.29 bits per heavy atom. The van der Waals surface area contributed by atoms with Gasteiger partial charge >= 0.3 is 0 Å². The molecular weight excluding hydrogens is 685 g/mol. The van der Waals surface area contributed by atoms with Crippen molar-refractivity contribution in [3.63, 3.8) is 0 Å². The van der Waals surface area contributed by atoms with E-state index in [1.54, 1.807) is 6.07 Å². The maximum atomic E-state index is 9.89. The second kappa shape index (κ2) is 15.2. The first-order chi connectivity index (χ1) is 27.7. The molecule has 9 aromatic rings. The highest BCUT2D eigenvalue weighted by Crippen LogP contribution is 2.33. The molecule has 0 saturated carbocycles. The molecule has 0 unspecified atom stereocenters. The molecule has 0 fully saturated rings. The molecule has 0 atom stereocenters. The molecule has 0 aliphatic carbocycles. The summed E-state index contributed by atoms with van der Waals surface area (Å²) < 4.78 is 0. The quantitative estimate of drug-likeness (QED) is 0.156. The molecule has 262 valence electrons. The molecule has 6 heteroatoms. The molecule has 0 N–H and O–H groups in total. The Morgan fingerprint density at radius 1 is 0.286 bits per heavy atom. The Kier molecular flexibility index (Phi) is 9.23. The average Bonchev–Trinajstić information content (AvgIpc) is 3.29. The molecule has 0 radical (unpaired) electrons. The summed E-state index contributed by atoms with van der Waals surface area (Å²) in [5.41, 5.74) is 11.7. The van der Waals surface area contributed by atoms with E-state index < -0.39 is 0 Å². The Balaban J connectivity index is 1.13. The van der Waals surface area contributed by atoms with Gasteiger partial charge in [-0.1, -0.05) is 158 Å². The Morgan fingerprint density at radius 2 is 0.679 bits per heavy atom. The fourth-order valence-electron chi connectivity index (χ4n) is 6.76. The van der Waals surface area contributed by atoms with Crippen molar-refractivity contribution in [2.24, 2.45) is 0 Å². The van der Waals surface area contributed by atoms with Crippen molar-refractivity contribution < 1.29 is 0 Å². The lowest BCUT2D eigenvalue weighted by Gasteiger charge is -2.12. The van der Waals surface area contributed by atoms with E-state index in [1.807, 2.05) is 91.0 Å². The summed E-state index contributed by atoms with van der Waals surface area (Å²) >= 11 is 0. The lowest BCUT2D eigenvalue weighted by atomic mass is 9.99. The minimum absolute atomic E-state index is 0.443. The Labute approximate surface area is 325 Å². The van der Waals surface area contributed by atoms with Gasteiger partial charge in [0, 0.05) is 33.4 Å². The van der Waals surface area contributed by atoms with Crippen molar-refractivity contribution in [1.82, 2.24) is 24.9 Å². The standard InChI is InChI=1S/C50H32N6/c51-33-43-21-10-11-28-44(43)50-55-47(36-19-8-3-9-20-36)54-49(56-50)42-27-14-24-39(31-42)38-23-13-26-41(30-38)48-52-45(35-17-6-2-7-18-35)32-46(53-48)40-25-12-22-37(29-40)34-15-4-1-5-16-34/h1-32H. The normalized spacial score (nSPS) is 10.8. The summed E-state index contributed by atoms with van der Waals surface area (Å²) in [6.07, 6.45) is 0. The highest BCUT2D eigenvalue weighted by molar-refractivity contribution is 5.79. The van der Waals surface area contributed by atoms with Crippen LogP contribution >= 0.6 is 0 Å². The van der Waals surface area contributed by atoms with Gasteiger partial charge in [-0.05, 0) is 58.7 Å². The van der Waals surface area contributed by atoms with Crippen molar-refractivity contribution in [1.29, 1.82) is 5.26 Å². The van der Waals surface area contributed by atoms with Crippen LogP contribution in [-0.4, -0.2) is 24.9 Å². The van der Waals surface area contributed by atoms with Gasteiger partial charge in [0.1, 0.15) is 0 Å². The molecule has 0 aliphatic heterocycles. The van der Waals surface area contributed by atoms with Gasteiger partial charge in [0.05, 0.1) is 23.0 Å². The monoisotopic (exact) mass is 716 g/mol. The van der Waals surface area contributed by atoms with Crippen LogP contribution in [0.1, 0.15) is 5.56 Å². The van der Waals surface area contributed by atoms with Crippen LogP contribution < -0.4 is 0 Å². The van der Waals surface area contributed by atoms with Crippen LogP contribution in [0.25, 0.3) is 90.3 Å². The van der Waals surface area contributed by atoms with Crippen molar-refractivity contribution >= 4 is 0 Å². The molecule has 0 bridgehead atoms. The fraction of sp³-hybridized carbons (Fsp3) is 0. The molecule has 0 aliphatic rings. The van der Waals surface area contributed by atoms with Crippen LogP contribution in [0.4, 0.5) is 0 Å². The molecule has 0 amide bonds. The molecular formula is C50H32N6. The first-order valence-corrected chi connectivity index (χ1v) is 18.3. The molecule has 0 saturated heterocycles. The van der Waals surface area contributed by atoms with Gasteiger partial charge < -0.3 is 0 Å². The summed E-state index contributed by atoms with van der Waals surface area (Å²) in [7, 11) is 0. The van der Waals surface area contributed by atoms with E-state index >= 15 is 0 Å². The number of aromatic nitrogens is 5. The van der Waals surface area contributed by atoms with E-state index in [0.717, 1.165) is 61.5 Å². The average molecular weight is 717 g/mol. The van der Waals surface area contributed by atoms with Crippen LogP contribution in [0.5, 0.6) is 0 Å². The van der Waals surface area contributed by atoms with Gasteiger partial charge in [-0.25, -0.2) is 24.9 Å². The minimum Gasteiger partial charge on any atom is -0.228 e. The Hall–Kier alpha value is -7.88. The molecule has 56 heavy (non-hydrogen) atoms. The zero-order chi connectivity index (χ0) is 37.7. The van der Waals surface area contributed by atoms with Crippen molar-refractivity contribution in [2.45, 2.75) is 0 Å². The van der Waals surface area contributed by atoms with Crippen LogP contribution in [-0.2, 0) is 0 Å². The van der Waals surface area contributed by atoms with Crippen LogP contribution in [0.3, 0.4) is 0 Å². The van der Waals surface area contributed by atoms with E-state index in [-0.39, 0.29) is 0 Å². The number of nitrogens with zero attached hydrogens (tertiary/aromatic N) is 6. The maximum Gasteiger partial charge on any atom is 0.165 e. The number of hydrogen-bond acceptors (Lipinski definition) is 6. The van der Waals surface area contributed by atoms with Gasteiger partial charge in [-0.2, -0.15) is 5.26 Å². The molecule has 2 aromatic heterocycles. The minimum atomic E-state index is 0.443. The summed E-state index contributed by atoms with van der Waals surface area (Å²) in [6, 6.07) is 67.1. The number of rotatable bonds is 8. The predicted molar refractivity (Wildman–Crippen MR) is 224 cm³/mol. The zero-order valence-electron chi connectivity index (χ0n) is 30.2. The van der Waals surface area contributed by atoms with Crippen molar-refractivity contribution in [3.05, 3.63) is 200 Å². The second-order valence-corrected chi connectivity index (χ2v) is 13.3. The van der Waals surface area contributed by atoms with Crippen molar-refractivity contribution in [3.8, 4) is 96.4 Å². The zero-order valence-corrected chi connectivity index (χ0v) is 30.2. The number of nitriles is 1. The van der Waals surface area contributed by atoms with E-state index in [9.17, 15) is 5.26 Å². The predicted octanol–water partition coefficient (Wildman–Crippen LogP) is 11.9. The fourth-order valence-corrected chi connectivity index (χ4v) is 6.76. The van der Waals surface area contributed by atoms with Gasteiger partial charge in [0.15, 0.2) is 23.3 Å². The molecule has 7 aromatic carbocycles. The lowest BCUT2D eigenvalue weighted by molar-refractivity contribution is 1.07. The number of hydrogen-bond donors (Lipinski definition) is 0. The second-order valence-electron chi connectivity index (χ2n) is 13.3. The summed E-state index contributed by atoms with van der Waals surface area (Å²) in [6.45, 7) is 0. The first kappa shape index (κ1) is 33.9. The van der Waals surface area contributed by atoms with E-state index in [4.69, 9.17) is 24.9 Å². The summed E-state index contributed by atoms with van der Waals surface area (Å²) in [5, 5.41) is 9.89. The number of benzene rings is 7. The first-order valence-electron chi connectivity index (χ1n) is 18.3. The van der Waals surface area contributed by atoms with Gasteiger partial charge in [0.2, 0.25) is 0 Å². The van der Waals surface area contributed by atoms with Gasteiger partial charge in [-0.3, -0.25) is 0 Å². The van der Waals surface area contributed by atoms with Crippen molar-refractivity contribution in [2.75, 3.05) is 0 Å². The highest BCUT2D eigenvalue weighted by atomic mass is 15.0. The smallest absolute Gasteiger partial charge is 0.165 e. The SMILES string of the molecule is N#Cc1ccccc1-c1nc(-c2ccccc2)nc(-c2cccc(-c3cccc(-c4nc(-c5ccccc5)cc(-c5cccc(-c6ccccc6)c5)n4)c3)c2)n1. The third kappa shape index (κ3) is 7.08. The molecule has 9 rings (SSSR count). The lowest BCUT2D eigenvalue weighted by Crippen LogP contribution is -2.01. The van der Waals surface area contributed by atoms with Crippen LogP contribution in [0.2, 0.25) is 0 Å². The summed E-state index contributed by atoms with van der Waals surface area (Å²) in [4.78, 5) is 24.9. The van der Waals surface area contributed by atoms with E-state index in [1.165, 1.54) is 0 Å². The topological polar surface area (TPSA) is 88.2 Å². The van der Waals surface area contributed by atoms with Gasteiger partial charge in [-0.15, -0.1) is 0 Å². The van der Waals surface area contributed by atoms with Crippen LogP contribution in [0.15, 0.2) is 194 Å². The molecule has 2 heterocycles. The molecule has 6 nitrogen and oxygen atoms in total. The Bertz CT molecular complexity index is 2870. The van der Waals surface area contributed by atoms with E-state index in [0.29, 0.717) is 34.4 Å². The highest BCUT2D eigenvalue weighted by Gasteiger charge is 2.16. The largest absolute Gasteiger partial charge is 0.228 e. The maximum absolute atomic E-state index is 9.89. The summed E-state index contributed by atoms with van der Waals surface area (Å²) in [5.74, 6) is 2.13. The molecule has 0 spiro atoms.